The molecule has 2 N–H and O–H groups in total. The van der Waals surface area contributed by atoms with Crippen molar-refractivity contribution in [3.63, 3.8) is 0 Å². The van der Waals surface area contributed by atoms with Gasteiger partial charge in [-0.2, -0.15) is 4.31 Å². The Morgan fingerprint density at radius 1 is 1.57 bits per heavy atom. The van der Waals surface area contributed by atoms with Crippen LogP contribution in [0.4, 0.5) is 14.6 Å². The van der Waals surface area contributed by atoms with Crippen molar-refractivity contribution >= 4 is 32.1 Å². The number of anilines is 1. The lowest BCUT2D eigenvalue weighted by atomic mass is 10.6. The summed E-state index contributed by atoms with van der Waals surface area (Å²) in [5, 5.41) is 13.0. The van der Waals surface area contributed by atoms with E-state index in [2.05, 4.69) is 10.3 Å². The van der Waals surface area contributed by atoms with E-state index in [0.29, 0.717) is 9.27 Å². The summed E-state index contributed by atoms with van der Waals surface area (Å²) in [7, 11) is -2.72. The van der Waals surface area contributed by atoms with Crippen LogP contribution in [0, 0.1) is 0 Å². The van der Waals surface area contributed by atoms with Crippen LogP contribution in [0.1, 0.15) is 0 Å². The van der Waals surface area contributed by atoms with Crippen molar-refractivity contribution in [1.82, 2.24) is 13.7 Å². The second-order valence-electron chi connectivity index (χ2n) is 4.05. The lowest BCUT2D eigenvalue weighted by Crippen LogP contribution is -2.38. The van der Waals surface area contributed by atoms with Gasteiger partial charge in [0.05, 0.1) is 13.2 Å². The van der Waals surface area contributed by atoms with Crippen LogP contribution in [-0.2, 0) is 10.0 Å². The first-order valence-electron chi connectivity index (χ1n) is 5.94. The van der Waals surface area contributed by atoms with E-state index in [1.807, 2.05) is 0 Å². The quantitative estimate of drug-likeness (QED) is 0.774. The van der Waals surface area contributed by atoms with Crippen LogP contribution in [0.15, 0.2) is 16.6 Å². The molecule has 0 fully saturated rings. The Hall–Kier alpha value is -1.30. The van der Waals surface area contributed by atoms with E-state index in [1.165, 1.54) is 29.0 Å². The molecule has 0 amide bonds. The van der Waals surface area contributed by atoms with Crippen molar-refractivity contribution in [2.24, 2.45) is 0 Å². The molecule has 11 heteroatoms. The van der Waals surface area contributed by atoms with Gasteiger partial charge in [-0.1, -0.05) is 0 Å². The second kappa shape index (κ2) is 6.22. The van der Waals surface area contributed by atoms with Crippen LogP contribution in [0.3, 0.4) is 0 Å². The molecule has 0 aliphatic rings. The molecule has 2 heterocycles. The molecular weight excluding hydrogens is 326 g/mol. The highest BCUT2D eigenvalue weighted by Crippen LogP contribution is 2.28. The van der Waals surface area contributed by atoms with Crippen LogP contribution in [0.5, 0.6) is 0 Å². The number of aliphatic hydroxyl groups excluding tert-OH is 1. The summed E-state index contributed by atoms with van der Waals surface area (Å²) in [5.41, 5.74) is 0. The number of imidazole rings is 1. The number of aliphatic hydroxyl groups is 1. The Labute approximate surface area is 123 Å². The molecule has 118 valence electrons. The number of rotatable bonds is 7. The predicted octanol–water partition coefficient (Wildman–Crippen LogP) is 0.686. The third-order valence-electron chi connectivity index (χ3n) is 2.73. The van der Waals surface area contributed by atoms with E-state index < -0.39 is 36.1 Å². The number of halogens is 2. The zero-order valence-electron chi connectivity index (χ0n) is 11.0. The Balaban J connectivity index is 2.55. The third kappa shape index (κ3) is 3.00. The Bertz CT molecular complexity index is 713. The van der Waals surface area contributed by atoms with Gasteiger partial charge in [-0.3, -0.25) is 4.40 Å². The Morgan fingerprint density at radius 2 is 2.29 bits per heavy atom. The molecule has 7 nitrogen and oxygen atoms in total. The lowest BCUT2D eigenvalue weighted by molar-refractivity contribution is 0.113. The summed E-state index contributed by atoms with van der Waals surface area (Å²) in [6, 6.07) is 0. The zero-order chi connectivity index (χ0) is 15.6. The molecule has 0 aromatic carbocycles. The molecule has 0 unspecified atom stereocenters. The van der Waals surface area contributed by atoms with Gasteiger partial charge in [0.1, 0.15) is 0 Å². The molecule has 0 spiro atoms. The molecule has 0 aliphatic carbocycles. The summed E-state index contributed by atoms with van der Waals surface area (Å²) in [5.74, 6) is 0.0825. The summed E-state index contributed by atoms with van der Waals surface area (Å²) in [6.07, 6.45) is -1.34. The number of alkyl halides is 2. The minimum absolute atomic E-state index is 0.0825. The van der Waals surface area contributed by atoms with E-state index in [0.717, 1.165) is 0 Å². The average molecular weight is 340 g/mol. The standard InChI is InChI=1S/C10H14F2N4O3S2/c1-13-8-9(16-3-5-20-10(16)14-8)21(18,19)15(2-4-17)6-7(11)12/h3,5,7,13,17H,2,4,6H2,1H3. The molecular formula is C10H14F2N4O3S2. The average Bonchev–Trinajstić information content (AvgIpc) is 2.96. The van der Waals surface area contributed by atoms with Crippen molar-refractivity contribution < 1.29 is 22.3 Å². The SMILES string of the molecule is CNc1nc2sccn2c1S(=O)(=O)N(CCO)CC(F)F. The smallest absolute Gasteiger partial charge is 0.263 e. The molecule has 0 bridgehead atoms. The number of nitrogens with one attached hydrogen (secondary N) is 1. The third-order valence-corrected chi connectivity index (χ3v) is 5.38. The molecule has 2 aromatic heterocycles. The van der Waals surface area contributed by atoms with Crippen molar-refractivity contribution in [1.29, 1.82) is 0 Å². The number of aromatic nitrogens is 2. The van der Waals surface area contributed by atoms with Gasteiger partial charge in [-0.15, -0.1) is 11.3 Å². The van der Waals surface area contributed by atoms with Gasteiger partial charge in [0.25, 0.3) is 16.4 Å². The van der Waals surface area contributed by atoms with E-state index in [1.54, 1.807) is 5.38 Å². The van der Waals surface area contributed by atoms with E-state index in [4.69, 9.17) is 5.11 Å². The summed E-state index contributed by atoms with van der Waals surface area (Å²) < 4.78 is 52.3. The number of sulfonamides is 1. The van der Waals surface area contributed by atoms with Crippen LogP contribution >= 0.6 is 11.3 Å². The van der Waals surface area contributed by atoms with Gasteiger partial charge < -0.3 is 10.4 Å². The molecule has 21 heavy (non-hydrogen) atoms. The van der Waals surface area contributed by atoms with Gasteiger partial charge in [-0.25, -0.2) is 22.2 Å². The Kier molecular flexibility index (Phi) is 4.76. The van der Waals surface area contributed by atoms with E-state index >= 15 is 0 Å². The van der Waals surface area contributed by atoms with E-state index in [9.17, 15) is 17.2 Å². The molecule has 2 aromatic rings. The van der Waals surface area contributed by atoms with Crippen molar-refractivity contribution in [2.45, 2.75) is 11.5 Å². The fourth-order valence-corrected chi connectivity index (χ4v) is 4.31. The summed E-state index contributed by atoms with van der Waals surface area (Å²) >= 11 is 1.22. The molecule has 0 atom stereocenters. The molecule has 0 radical (unpaired) electrons. The minimum atomic E-state index is -4.22. The maximum atomic E-state index is 12.6. The highest BCUT2D eigenvalue weighted by atomic mass is 32.2. The zero-order valence-corrected chi connectivity index (χ0v) is 12.7. The maximum Gasteiger partial charge on any atom is 0.263 e. The topological polar surface area (TPSA) is 86.9 Å². The fourth-order valence-electron chi connectivity index (χ4n) is 1.87. The van der Waals surface area contributed by atoms with Gasteiger partial charge in [0.15, 0.2) is 15.8 Å². The van der Waals surface area contributed by atoms with Gasteiger partial charge in [-0.05, 0) is 0 Å². The number of hydrogen-bond donors (Lipinski definition) is 2. The highest BCUT2D eigenvalue weighted by Gasteiger charge is 2.33. The maximum absolute atomic E-state index is 12.6. The van der Waals surface area contributed by atoms with Crippen molar-refractivity contribution in [3.05, 3.63) is 11.6 Å². The van der Waals surface area contributed by atoms with Crippen molar-refractivity contribution in [3.8, 4) is 0 Å². The monoisotopic (exact) mass is 340 g/mol. The first-order chi connectivity index (χ1) is 9.91. The van der Waals surface area contributed by atoms with Crippen LogP contribution in [0.2, 0.25) is 0 Å². The Morgan fingerprint density at radius 3 is 2.86 bits per heavy atom. The molecule has 0 saturated carbocycles. The first kappa shape index (κ1) is 16.1. The number of hydrogen-bond acceptors (Lipinski definition) is 6. The van der Waals surface area contributed by atoms with Gasteiger partial charge in [0.2, 0.25) is 0 Å². The highest BCUT2D eigenvalue weighted by molar-refractivity contribution is 7.89. The van der Waals surface area contributed by atoms with Gasteiger partial charge >= 0.3 is 0 Å². The molecule has 0 saturated heterocycles. The van der Waals surface area contributed by atoms with Crippen LogP contribution in [-0.4, -0.2) is 60.4 Å². The number of nitrogens with zero attached hydrogens (tertiary/aromatic N) is 3. The summed E-state index contributed by atoms with van der Waals surface area (Å²) in [6.45, 7) is -1.94. The van der Waals surface area contributed by atoms with E-state index in [-0.39, 0.29) is 10.8 Å². The minimum Gasteiger partial charge on any atom is -0.395 e. The second-order valence-corrected chi connectivity index (χ2v) is 6.78. The van der Waals surface area contributed by atoms with Crippen LogP contribution in [0.25, 0.3) is 4.96 Å². The number of thiazole rings is 1. The lowest BCUT2D eigenvalue weighted by Gasteiger charge is -2.20. The van der Waals surface area contributed by atoms with Gasteiger partial charge in [0, 0.05) is 25.2 Å². The normalized spacial score (nSPS) is 12.7. The largest absolute Gasteiger partial charge is 0.395 e. The molecule has 0 aliphatic heterocycles. The molecule has 2 rings (SSSR count). The van der Waals surface area contributed by atoms with Crippen LogP contribution < -0.4 is 5.32 Å². The fraction of sp³-hybridized carbons (Fsp3) is 0.500. The number of fused-ring (bicyclic) bond motifs is 1. The van der Waals surface area contributed by atoms with Crippen molar-refractivity contribution in [2.75, 3.05) is 32.1 Å². The predicted molar refractivity (Wildman–Crippen MR) is 74.5 cm³/mol. The first-order valence-corrected chi connectivity index (χ1v) is 8.26. The summed E-state index contributed by atoms with van der Waals surface area (Å²) in [4.78, 5) is 4.52.